The van der Waals surface area contributed by atoms with Crippen molar-refractivity contribution in [1.29, 1.82) is 0 Å². The molecular formula is C19H24Cl2N4O2. The summed E-state index contributed by atoms with van der Waals surface area (Å²) in [4.78, 5) is 18.9. The van der Waals surface area contributed by atoms with Crippen molar-refractivity contribution in [3.8, 4) is 11.4 Å². The number of carbonyl (C=O) groups excluding carboxylic acids is 1. The highest BCUT2D eigenvalue weighted by Crippen LogP contribution is 2.29. The van der Waals surface area contributed by atoms with Crippen molar-refractivity contribution in [2.24, 2.45) is 0 Å². The molecule has 2 atom stereocenters. The number of rotatable bonds is 5. The zero-order valence-corrected chi connectivity index (χ0v) is 16.8. The molecule has 2 aliphatic heterocycles. The summed E-state index contributed by atoms with van der Waals surface area (Å²) in [6.07, 6.45) is 5.43. The maximum Gasteiger partial charge on any atom is 0.227 e. The second kappa shape index (κ2) is 8.59. The number of hydrogen-bond donors (Lipinski definition) is 1. The molecule has 1 aromatic heterocycles. The highest BCUT2D eigenvalue weighted by atomic mass is 35.5. The van der Waals surface area contributed by atoms with Gasteiger partial charge in [-0.2, -0.15) is 4.98 Å². The Hall–Kier alpha value is -1.63. The molecule has 1 aromatic carbocycles. The molecule has 2 bridgehead atoms. The van der Waals surface area contributed by atoms with Gasteiger partial charge in [-0.1, -0.05) is 16.8 Å². The van der Waals surface area contributed by atoms with Crippen LogP contribution < -0.4 is 5.32 Å². The second-order valence-electron chi connectivity index (χ2n) is 7.29. The zero-order chi connectivity index (χ0) is 18.1. The van der Waals surface area contributed by atoms with Gasteiger partial charge in [0.2, 0.25) is 17.6 Å². The molecule has 2 aromatic rings. The van der Waals surface area contributed by atoms with Crippen LogP contribution >= 0.6 is 24.0 Å². The molecule has 4 rings (SSSR count). The van der Waals surface area contributed by atoms with Crippen molar-refractivity contribution in [1.82, 2.24) is 20.4 Å². The Labute approximate surface area is 170 Å². The lowest BCUT2D eigenvalue weighted by molar-refractivity contribution is -0.132. The van der Waals surface area contributed by atoms with Crippen molar-refractivity contribution < 1.29 is 9.32 Å². The van der Waals surface area contributed by atoms with Crippen LogP contribution in [-0.2, 0) is 11.2 Å². The monoisotopic (exact) mass is 410 g/mol. The van der Waals surface area contributed by atoms with Gasteiger partial charge in [0.05, 0.1) is 0 Å². The highest BCUT2D eigenvalue weighted by Gasteiger charge is 2.36. The second-order valence-corrected chi connectivity index (χ2v) is 7.72. The molecule has 1 amide bonds. The fourth-order valence-electron chi connectivity index (χ4n) is 4.01. The number of carbonyl (C=O) groups is 1. The Morgan fingerprint density at radius 1 is 1.26 bits per heavy atom. The maximum absolute atomic E-state index is 12.6. The predicted octanol–water partition coefficient (Wildman–Crippen LogP) is 3.49. The van der Waals surface area contributed by atoms with Gasteiger partial charge in [-0.15, -0.1) is 12.4 Å². The Morgan fingerprint density at radius 2 is 1.93 bits per heavy atom. The summed E-state index contributed by atoms with van der Waals surface area (Å²) >= 11 is 5.89. The number of aryl methyl sites for hydroxylation is 1. The minimum Gasteiger partial charge on any atom is -0.343 e. The maximum atomic E-state index is 12.6. The van der Waals surface area contributed by atoms with Gasteiger partial charge in [0, 0.05) is 48.6 Å². The molecule has 6 nitrogen and oxygen atoms in total. The first kappa shape index (κ1) is 20.1. The van der Waals surface area contributed by atoms with Gasteiger partial charge < -0.3 is 14.7 Å². The van der Waals surface area contributed by atoms with E-state index in [-0.39, 0.29) is 18.3 Å². The molecule has 2 fully saturated rings. The van der Waals surface area contributed by atoms with Crippen molar-refractivity contribution in [2.45, 2.75) is 56.7 Å². The van der Waals surface area contributed by atoms with Crippen LogP contribution in [0.4, 0.5) is 0 Å². The number of nitrogens with zero attached hydrogens (tertiary/aromatic N) is 3. The number of amides is 1. The van der Waals surface area contributed by atoms with Crippen molar-refractivity contribution >= 4 is 29.9 Å². The average molecular weight is 411 g/mol. The summed E-state index contributed by atoms with van der Waals surface area (Å²) in [6, 6.07) is 8.77. The van der Waals surface area contributed by atoms with Crippen LogP contribution in [0, 0.1) is 0 Å². The number of hydrogen-bond acceptors (Lipinski definition) is 5. The Balaban J connectivity index is 0.00000210. The minimum absolute atomic E-state index is 0. The largest absolute Gasteiger partial charge is 0.343 e. The number of aromatic nitrogens is 2. The van der Waals surface area contributed by atoms with Gasteiger partial charge in [-0.25, -0.2) is 0 Å². The molecule has 8 heteroatoms. The van der Waals surface area contributed by atoms with Crippen LogP contribution in [0.2, 0.25) is 5.02 Å². The summed E-state index contributed by atoms with van der Waals surface area (Å²) in [5.41, 5.74) is 0.845. The van der Waals surface area contributed by atoms with E-state index in [2.05, 4.69) is 15.5 Å². The van der Waals surface area contributed by atoms with Gasteiger partial charge in [0.1, 0.15) is 0 Å². The molecule has 0 radical (unpaired) electrons. The molecule has 0 aliphatic carbocycles. The van der Waals surface area contributed by atoms with Gasteiger partial charge in [0.15, 0.2) is 0 Å². The van der Waals surface area contributed by atoms with Crippen LogP contribution in [0.5, 0.6) is 0 Å². The Kier molecular flexibility index (Phi) is 6.40. The highest BCUT2D eigenvalue weighted by molar-refractivity contribution is 6.30. The topological polar surface area (TPSA) is 71.3 Å². The third-order valence-corrected chi connectivity index (χ3v) is 5.76. The van der Waals surface area contributed by atoms with Crippen LogP contribution in [0.3, 0.4) is 0 Å². The van der Waals surface area contributed by atoms with E-state index >= 15 is 0 Å². The van der Waals surface area contributed by atoms with Gasteiger partial charge >= 0.3 is 0 Å². The summed E-state index contributed by atoms with van der Waals surface area (Å²) in [5.74, 6) is 1.15. The summed E-state index contributed by atoms with van der Waals surface area (Å²) in [5, 5.41) is 8.27. The van der Waals surface area contributed by atoms with Crippen LogP contribution in [0.25, 0.3) is 11.4 Å². The van der Waals surface area contributed by atoms with Crippen LogP contribution in [0.15, 0.2) is 28.8 Å². The minimum atomic E-state index is 0. The van der Waals surface area contributed by atoms with Gasteiger partial charge in [-0.05, 0) is 49.9 Å². The smallest absolute Gasteiger partial charge is 0.227 e. The van der Waals surface area contributed by atoms with Crippen LogP contribution in [-0.4, -0.2) is 46.1 Å². The number of nitrogens with one attached hydrogen (secondary N) is 1. The fourth-order valence-corrected chi connectivity index (χ4v) is 4.14. The lowest BCUT2D eigenvalue weighted by atomic mass is 9.98. The third kappa shape index (κ3) is 4.62. The first-order chi connectivity index (χ1) is 12.6. The predicted molar refractivity (Wildman–Crippen MR) is 106 cm³/mol. The summed E-state index contributed by atoms with van der Waals surface area (Å²) < 4.78 is 5.29. The first-order valence-electron chi connectivity index (χ1n) is 9.18. The van der Waals surface area contributed by atoms with E-state index in [1.807, 2.05) is 24.1 Å². The lowest BCUT2D eigenvalue weighted by Crippen LogP contribution is -2.48. The van der Waals surface area contributed by atoms with E-state index in [1.54, 1.807) is 12.1 Å². The Bertz CT molecular complexity index is 768. The van der Waals surface area contributed by atoms with Crippen molar-refractivity contribution in [3.05, 3.63) is 35.2 Å². The van der Waals surface area contributed by atoms with E-state index in [4.69, 9.17) is 16.1 Å². The van der Waals surface area contributed by atoms with Crippen molar-refractivity contribution in [2.75, 3.05) is 7.05 Å². The molecule has 27 heavy (non-hydrogen) atoms. The number of benzene rings is 1. The molecule has 0 saturated carbocycles. The van der Waals surface area contributed by atoms with Gasteiger partial charge in [-0.3, -0.25) is 4.79 Å². The molecule has 2 aliphatic rings. The van der Waals surface area contributed by atoms with E-state index in [1.165, 1.54) is 12.8 Å². The number of halogens is 2. The first-order valence-corrected chi connectivity index (χ1v) is 9.56. The molecule has 2 unspecified atom stereocenters. The van der Waals surface area contributed by atoms with Gasteiger partial charge in [0.25, 0.3) is 0 Å². The van der Waals surface area contributed by atoms with E-state index in [0.717, 1.165) is 18.4 Å². The quantitative estimate of drug-likeness (QED) is 0.816. The molecule has 1 N–H and O–H groups in total. The summed E-state index contributed by atoms with van der Waals surface area (Å²) in [7, 11) is 1.92. The zero-order valence-electron chi connectivity index (χ0n) is 15.2. The summed E-state index contributed by atoms with van der Waals surface area (Å²) in [6.45, 7) is 0. The van der Waals surface area contributed by atoms with E-state index in [9.17, 15) is 4.79 Å². The molecule has 3 heterocycles. The molecular weight excluding hydrogens is 387 g/mol. The molecule has 0 spiro atoms. The third-order valence-electron chi connectivity index (χ3n) is 5.51. The fraction of sp³-hybridized carbons (Fsp3) is 0.526. The van der Waals surface area contributed by atoms with E-state index < -0.39 is 0 Å². The standard InChI is InChI=1S/C19H23ClN4O2.ClH/c1-24(16-10-14-6-7-15(11-16)21-14)18(25)9-8-17-22-19(23-26-17)12-2-4-13(20)5-3-12;/h2-5,14-16,21H,6-11H2,1H3;1H. The van der Waals surface area contributed by atoms with Crippen LogP contribution in [0.1, 0.15) is 38.0 Å². The van der Waals surface area contributed by atoms with Crippen molar-refractivity contribution in [3.63, 3.8) is 0 Å². The number of fused-ring (bicyclic) bond motifs is 2. The normalized spacial score (nSPS) is 23.7. The lowest BCUT2D eigenvalue weighted by Gasteiger charge is -2.35. The molecule has 2 saturated heterocycles. The Morgan fingerprint density at radius 3 is 2.59 bits per heavy atom. The SMILES string of the molecule is CN(C(=O)CCc1nc(-c2ccc(Cl)cc2)no1)C1CC2CCC(C1)N2.Cl. The molecule has 146 valence electrons. The van der Waals surface area contributed by atoms with E-state index in [0.29, 0.717) is 47.7 Å². The average Bonchev–Trinajstić information content (AvgIpc) is 3.26. The number of piperidine rings is 1.